The van der Waals surface area contributed by atoms with Gasteiger partial charge in [-0.15, -0.1) is 0 Å². The van der Waals surface area contributed by atoms with Gasteiger partial charge in [-0.3, -0.25) is 4.90 Å². The molecule has 2 aromatic rings. The Morgan fingerprint density at radius 3 is 2.56 bits per heavy atom. The Kier molecular flexibility index (Phi) is 6.01. The minimum atomic E-state index is 0.371. The highest BCUT2D eigenvalue weighted by molar-refractivity contribution is 5.50. The molecule has 1 aliphatic rings. The zero-order valence-electron chi connectivity index (χ0n) is 15.1. The number of rotatable bonds is 6. The van der Waals surface area contributed by atoms with E-state index >= 15 is 0 Å². The second-order valence-electron chi connectivity index (χ2n) is 6.66. The summed E-state index contributed by atoms with van der Waals surface area (Å²) in [6.07, 6.45) is 6.09. The van der Waals surface area contributed by atoms with Gasteiger partial charge in [0.05, 0.1) is 0 Å². The molecule has 25 heavy (non-hydrogen) atoms. The molecule has 0 amide bonds. The van der Waals surface area contributed by atoms with Crippen LogP contribution in [0.2, 0.25) is 0 Å². The normalized spacial score (nSPS) is 15.9. The van der Waals surface area contributed by atoms with E-state index in [0.717, 1.165) is 44.4 Å². The molecule has 2 heterocycles. The van der Waals surface area contributed by atoms with Gasteiger partial charge < -0.3 is 10.2 Å². The molecule has 1 aromatic carbocycles. The molecule has 0 atom stereocenters. The van der Waals surface area contributed by atoms with E-state index in [9.17, 15) is 0 Å². The Labute approximate surface area is 150 Å². The Morgan fingerprint density at radius 2 is 1.84 bits per heavy atom. The first-order valence-corrected chi connectivity index (χ1v) is 8.98. The Balaban J connectivity index is 1.49. The number of nitrogens with one attached hydrogen (secondary N) is 1. The van der Waals surface area contributed by atoms with Gasteiger partial charge in [-0.05, 0) is 19.4 Å². The van der Waals surface area contributed by atoms with Crippen LogP contribution >= 0.6 is 0 Å². The second-order valence-corrected chi connectivity index (χ2v) is 6.66. The van der Waals surface area contributed by atoms with E-state index < -0.39 is 0 Å². The molecule has 1 aromatic heterocycles. The molecule has 0 bridgehead atoms. The minimum absolute atomic E-state index is 0.371. The molecule has 0 spiro atoms. The molecule has 0 unspecified atom stereocenters. The summed E-state index contributed by atoms with van der Waals surface area (Å²) >= 11 is 0. The maximum absolute atomic E-state index is 4.44. The van der Waals surface area contributed by atoms with Crippen molar-refractivity contribution >= 4 is 17.7 Å². The van der Waals surface area contributed by atoms with E-state index in [1.54, 1.807) is 6.33 Å². The summed E-state index contributed by atoms with van der Waals surface area (Å²) in [5, 5.41) is 3.34. The van der Waals surface area contributed by atoms with Crippen LogP contribution < -0.4 is 10.2 Å². The van der Waals surface area contributed by atoms with Crippen molar-refractivity contribution in [2.45, 2.75) is 19.9 Å². The van der Waals surface area contributed by atoms with Crippen molar-refractivity contribution in [1.29, 1.82) is 0 Å². The predicted molar refractivity (Wildman–Crippen MR) is 105 cm³/mol. The first kappa shape index (κ1) is 17.4. The number of anilines is 2. The number of piperazine rings is 1. The van der Waals surface area contributed by atoms with Gasteiger partial charge in [-0.2, -0.15) is 0 Å². The Morgan fingerprint density at radius 1 is 1.08 bits per heavy atom. The first-order valence-electron chi connectivity index (χ1n) is 8.98. The Hall–Kier alpha value is -2.40. The summed E-state index contributed by atoms with van der Waals surface area (Å²) in [4.78, 5) is 13.5. The standard InChI is InChI=1S/C20H27N5/c1-17(2)23-19-15-20(22-16-21-19)25-13-11-24(12-14-25)10-6-9-18-7-4-3-5-8-18/h3-9,15-17H,10-14H2,1-2H3,(H,21,22,23)/b9-6+. The van der Waals surface area contributed by atoms with Crippen LogP contribution in [-0.2, 0) is 0 Å². The molecule has 1 fully saturated rings. The number of hydrogen-bond donors (Lipinski definition) is 1. The van der Waals surface area contributed by atoms with Crippen LogP contribution in [0.4, 0.5) is 11.6 Å². The average Bonchev–Trinajstić information content (AvgIpc) is 2.63. The van der Waals surface area contributed by atoms with Crippen molar-refractivity contribution in [3.05, 3.63) is 54.4 Å². The zero-order chi connectivity index (χ0) is 17.5. The average molecular weight is 337 g/mol. The highest BCUT2D eigenvalue weighted by Gasteiger charge is 2.17. The molecule has 1 N–H and O–H groups in total. The molecule has 3 rings (SSSR count). The van der Waals surface area contributed by atoms with Gasteiger partial charge in [0.15, 0.2) is 0 Å². The van der Waals surface area contributed by atoms with E-state index in [4.69, 9.17) is 0 Å². The number of benzene rings is 1. The van der Waals surface area contributed by atoms with E-state index in [1.807, 2.05) is 12.1 Å². The van der Waals surface area contributed by atoms with Gasteiger partial charge in [0.1, 0.15) is 18.0 Å². The SMILES string of the molecule is CC(C)Nc1cc(N2CCN(C/C=C/c3ccccc3)CC2)ncn1. The quantitative estimate of drug-likeness (QED) is 0.877. The van der Waals surface area contributed by atoms with Gasteiger partial charge in [-0.25, -0.2) is 9.97 Å². The van der Waals surface area contributed by atoms with Gasteiger partial charge >= 0.3 is 0 Å². The third-order valence-electron chi connectivity index (χ3n) is 4.26. The van der Waals surface area contributed by atoms with Crippen LogP contribution in [0.25, 0.3) is 6.08 Å². The number of nitrogens with zero attached hydrogens (tertiary/aromatic N) is 4. The number of aromatic nitrogens is 2. The minimum Gasteiger partial charge on any atom is -0.368 e. The molecule has 1 aliphatic heterocycles. The van der Waals surface area contributed by atoms with Crippen LogP contribution in [0.1, 0.15) is 19.4 Å². The summed E-state index contributed by atoms with van der Waals surface area (Å²) < 4.78 is 0. The van der Waals surface area contributed by atoms with Crippen LogP contribution in [0.3, 0.4) is 0 Å². The van der Waals surface area contributed by atoms with E-state index in [2.05, 4.69) is 75.3 Å². The second kappa shape index (κ2) is 8.62. The van der Waals surface area contributed by atoms with E-state index in [1.165, 1.54) is 5.56 Å². The molecule has 0 saturated carbocycles. The summed E-state index contributed by atoms with van der Waals surface area (Å²) in [5.74, 6) is 1.91. The lowest BCUT2D eigenvalue weighted by atomic mass is 10.2. The van der Waals surface area contributed by atoms with Gasteiger partial charge in [0.25, 0.3) is 0 Å². The van der Waals surface area contributed by atoms with Crippen molar-refractivity contribution in [3.63, 3.8) is 0 Å². The van der Waals surface area contributed by atoms with Crippen LogP contribution in [0, 0.1) is 0 Å². The summed E-state index contributed by atoms with van der Waals surface area (Å²) in [6.45, 7) is 9.32. The van der Waals surface area contributed by atoms with Crippen LogP contribution in [0.15, 0.2) is 48.8 Å². The van der Waals surface area contributed by atoms with Crippen molar-refractivity contribution in [2.75, 3.05) is 42.9 Å². The highest BCUT2D eigenvalue weighted by Crippen LogP contribution is 2.16. The van der Waals surface area contributed by atoms with Crippen LogP contribution in [-0.4, -0.2) is 53.6 Å². The molecule has 132 valence electrons. The van der Waals surface area contributed by atoms with Gasteiger partial charge in [0.2, 0.25) is 0 Å². The van der Waals surface area contributed by atoms with E-state index in [-0.39, 0.29) is 0 Å². The third kappa shape index (κ3) is 5.29. The van der Waals surface area contributed by atoms with Gasteiger partial charge in [-0.1, -0.05) is 42.5 Å². The molecular formula is C20H27N5. The van der Waals surface area contributed by atoms with Crippen LogP contribution in [0.5, 0.6) is 0 Å². The molecule has 0 aliphatic carbocycles. The summed E-state index contributed by atoms with van der Waals surface area (Å²) in [7, 11) is 0. The monoisotopic (exact) mass is 337 g/mol. The highest BCUT2D eigenvalue weighted by atomic mass is 15.3. The zero-order valence-corrected chi connectivity index (χ0v) is 15.1. The lowest BCUT2D eigenvalue weighted by Crippen LogP contribution is -2.46. The molecule has 5 nitrogen and oxygen atoms in total. The fourth-order valence-corrected chi connectivity index (χ4v) is 2.96. The van der Waals surface area contributed by atoms with Gasteiger partial charge in [0, 0.05) is 44.8 Å². The maximum atomic E-state index is 4.44. The summed E-state index contributed by atoms with van der Waals surface area (Å²) in [6, 6.07) is 12.9. The van der Waals surface area contributed by atoms with Crippen molar-refractivity contribution in [2.24, 2.45) is 0 Å². The topological polar surface area (TPSA) is 44.3 Å². The van der Waals surface area contributed by atoms with Crippen molar-refractivity contribution < 1.29 is 0 Å². The molecule has 1 saturated heterocycles. The largest absolute Gasteiger partial charge is 0.368 e. The molecular weight excluding hydrogens is 310 g/mol. The van der Waals surface area contributed by atoms with Crippen molar-refractivity contribution in [3.8, 4) is 0 Å². The molecule has 5 heteroatoms. The molecule has 0 radical (unpaired) electrons. The van der Waals surface area contributed by atoms with Crippen molar-refractivity contribution in [1.82, 2.24) is 14.9 Å². The van der Waals surface area contributed by atoms with E-state index in [0.29, 0.717) is 6.04 Å². The fourth-order valence-electron chi connectivity index (χ4n) is 2.96. The fraction of sp³-hybridized carbons (Fsp3) is 0.400. The number of hydrogen-bond acceptors (Lipinski definition) is 5. The smallest absolute Gasteiger partial charge is 0.134 e. The predicted octanol–water partition coefficient (Wildman–Crippen LogP) is 3.13. The summed E-state index contributed by atoms with van der Waals surface area (Å²) in [5.41, 5.74) is 1.26. The Bertz CT molecular complexity index is 675. The maximum Gasteiger partial charge on any atom is 0.134 e. The third-order valence-corrected chi connectivity index (χ3v) is 4.26. The lowest BCUT2D eigenvalue weighted by Gasteiger charge is -2.34. The lowest BCUT2D eigenvalue weighted by molar-refractivity contribution is 0.283. The first-order chi connectivity index (χ1) is 12.2.